The number of benzene rings is 1. The number of rotatable bonds is 18. The molecule has 6 aromatic heterocycles. The largest absolute Gasteiger partial charge is 0.460 e. The number of nitrogens with zero attached hydrogens (tertiary/aromatic N) is 10. The minimum Gasteiger partial charge on any atom is -0.460 e. The summed E-state index contributed by atoms with van der Waals surface area (Å²) in [5.74, 6) is -1.25. The van der Waals surface area contributed by atoms with Crippen LogP contribution in [0.3, 0.4) is 0 Å². The normalized spacial score (nSPS) is 16.4. The van der Waals surface area contributed by atoms with E-state index in [9.17, 15) is 24.0 Å². The molecule has 3 fully saturated rings. The van der Waals surface area contributed by atoms with E-state index in [1.807, 2.05) is 124 Å². The number of primary amides is 3. The van der Waals surface area contributed by atoms with Crippen molar-refractivity contribution < 1.29 is 28.7 Å². The number of hydrogen-bond acceptors (Lipinski definition) is 23. The second kappa shape index (κ2) is 31.3. The van der Waals surface area contributed by atoms with E-state index in [-0.39, 0.29) is 59.1 Å². The zero-order valence-corrected chi connectivity index (χ0v) is 57.0. The minimum absolute atomic E-state index is 0. The zero-order chi connectivity index (χ0) is 65.1. The van der Waals surface area contributed by atoms with Crippen LogP contribution < -0.4 is 58.5 Å². The number of amides is 3. The number of esters is 1. The highest BCUT2D eigenvalue weighted by atomic mass is 35.5. The van der Waals surface area contributed by atoms with Crippen molar-refractivity contribution in [1.29, 1.82) is 0 Å². The molecule has 3 amide bonds. The summed E-state index contributed by atoms with van der Waals surface area (Å²) in [6.45, 7) is 22.3. The number of hydrogen-bond donors (Lipinski definition) is 7. The molecule has 488 valence electrons. The van der Waals surface area contributed by atoms with Crippen molar-refractivity contribution in [2.24, 2.45) is 34.8 Å². The molecule has 7 aromatic rings. The Hall–Kier alpha value is -8.04. The van der Waals surface area contributed by atoms with Gasteiger partial charge in [0, 0.05) is 77.1 Å². The van der Waals surface area contributed by atoms with Gasteiger partial charge in [0.05, 0.1) is 76.2 Å². The van der Waals surface area contributed by atoms with Gasteiger partial charge in [-0.15, -0.1) is 12.4 Å². The Bertz CT molecular complexity index is 3700. The smallest absolute Gasteiger partial charge is 0.306 e. The summed E-state index contributed by atoms with van der Waals surface area (Å²) in [4.78, 5) is 82.9. The van der Waals surface area contributed by atoms with Crippen LogP contribution in [0.2, 0.25) is 0 Å². The van der Waals surface area contributed by atoms with E-state index in [1.165, 1.54) is 34.6 Å². The highest BCUT2D eigenvalue weighted by Gasteiger charge is 2.30. The van der Waals surface area contributed by atoms with E-state index in [0.717, 1.165) is 155 Å². The Labute approximate surface area is 551 Å². The van der Waals surface area contributed by atoms with Gasteiger partial charge >= 0.3 is 5.97 Å². The summed E-state index contributed by atoms with van der Waals surface area (Å²) in [5, 5.41) is 12.4. The molecular formula is C64H86ClN17O6S3. The van der Waals surface area contributed by atoms with E-state index in [2.05, 4.69) is 58.7 Å². The first-order chi connectivity index (χ1) is 42.7. The summed E-state index contributed by atoms with van der Waals surface area (Å²) in [5.41, 5.74) is 35.0. The summed E-state index contributed by atoms with van der Waals surface area (Å²) in [7, 11) is 3.97. The molecule has 23 nitrogen and oxygen atoms in total. The van der Waals surface area contributed by atoms with Crippen molar-refractivity contribution in [2.75, 3.05) is 88.9 Å². The Kier molecular flexibility index (Phi) is 24.2. The average Bonchev–Trinajstić information content (AvgIpc) is 2.14. The Balaban J connectivity index is 0.000000196. The summed E-state index contributed by atoms with van der Waals surface area (Å²) >= 11 is 3.99. The highest BCUT2D eigenvalue weighted by molar-refractivity contribution is 7.10. The maximum atomic E-state index is 13.0. The van der Waals surface area contributed by atoms with Crippen molar-refractivity contribution >= 4 is 131 Å². The predicted molar refractivity (Wildman–Crippen MR) is 370 cm³/mol. The molecule has 3 aliphatic heterocycles. The molecule has 3 aliphatic rings. The summed E-state index contributed by atoms with van der Waals surface area (Å²) < 4.78 is 18.3. The number of pyridine rings is 3. The Morgan fingerprint density at radius 1 is 0.571 bits per heavy atom. The fraction of sp³-hybridized carbons (Fsp3) is 0.453. The standard InChI is InChI=1S/C26H32N6O2S.C22H31N5O3S.C16H22N6OS.ClH/c1-16-12-23(35-30-16)29-24-17(2)21(14-28-25(24)26(27)34)32-11-5-6-18(15-32)13-22(33)19-7-9-20(10-8-19)31(3)4;1-13-9-17(31-26-13)25-19-14(2)16(11-24-20(19)21(23)29)27-8-6-7-15(12-27)10-18(28)30-22(3,4)5;1-9-6-13(24-21-9)20-14-10(2)12(7-19-15(14)16(18)23)22-5-3-4-11(17)8-22;/h7-10,12,14,18,29H,5-6,11,13,15H2,1-4H3,(H2,27,34);9,11,15,25H,6-8,10,12H2,1-5H3,(H2,23,29);6-7,11,20H,3-5,8,17H2,1-2H3,(H2,18,23);1H/t18-;15-;11-;/m001./s1. The molecule has 27 heteroatoms. The molecule has 0 radical (unpaired) electrons. The molecule has 0 bridgehead atoms. The topological polar surface area (TPSA) is 325 Å². The first kappa shape index (κ1) is 70.4. The molecule has 3 saturated heterocycles. The van der Waals surface area contributed by atoms with Gasteiger partial charge in [-0.3, -0.25) is 24.0 Å². The average molecular weight is 1320 g/mol. The van der Waals surface area contributed by atoms with Crippen molar-refractivity contribution in [3.8, 4) is 0 Å². The SMILES string of the molecule is Cc1cc(Nc2c(C(N)=O)ncc(N3CCC[C@@H](CC(=O)OC(C)(C)C)C3)c2C)sn1.Cc1cc(Nc2c(C(N)=O)ncc(N3CCC[C@@H](CC(=O)c4ccc(N(C)C)cc4)C3)c2C)sn1.Cc1cc(Nc2c(C(N)=O)ncc(N3CCC[C@@H](N)C3)c2C)sn1.Cl. The second-order valence-corrected chi connectivity index (χ2v) is 27.0. The number of halogens is 1. The number of piperidine rings is 3. The number of ketones is 1. The van der Waals surface area contributed by atoms with Crippen molar-refractivity contribution in [3.05, 3.63) is 117 Å². The third-order valence-electron chi connectivity index (χ3n) is 15.8. The van der Waals surface area contributed by atoms with Gasteiger partial charge in [0.15, 0.2) is 22.9 Å². The van der Waals surface area contributed by atoms with Crippen LogP contribution in [-0.2, 0) is 9.53 Å². The van der Waals surface area contributed by atoms with Gasteiger partial charge in [-0.1, -0.05) is 0 Å². The first-order valence-electron chi connectivity index (χ1n) is 30.2. The molecular weight excluding hydrogens is 1230 g/mol. The molecule has 0 aliphatic carbocycles. The fourth-order valence-corrected chi connectivity index (χ4v) is 13.5. The van der Waals surface area contributed by atoms with Crippen LogP contribution in [0.4, 0.5) is 54.8 Å². The Morgan fingerprint density at radius 2 is 0.934 bits per heavy atom. The number of anilines is 10. The molecule has 1 aromatic carbocycles. The van der Waals surface area contributed by atoms with Crippen LogP contribution in [0.25, 0.3) is 0 Å². The van der Waals surface area contributed by atoms with Crippen LogP contribution in [0.5, 0.6) is 0 Å². The minimum atomic E-state index is -0.583. The van der Waals surface area contributed by atoms with E-state index < -0.39 is 23.3 Å². The highest BCUT2D eigenvalue weighted by Crippen LogP contribution is 2.38. The molecule has 9 heterocycles. The van der Waals surface area contributed by atoms with Gasteiger partial charge in [-0.2, -0.15) is 13.1 Å². The Morgan fingerprint density at radius 3 is 1.26 bits per heavy atom. The van der Waals surface area contributed by atoms with Gasteiger partial charge in [0.1, 0.15) is 20.6 Å². The number of nitrogens with two attached hydrogens (primary N) is 4. The zero-order valence-electron chi connectivity index (χ0n) is 53.8. The number of Topliss-reactive ketones (excluding diaryl/α,β-unsaturated/α-hetero) is 1. The van der Waals surface area contributed by atoms with E-state index in [1.54, 1.807) is 18.6 Å². The van der Waals surface area contributed by atoms with Crippen LogP contribution in [0.1, 0.15) is 148 Å². The number of nitrogens with one attached hydrogen (secondary N) is 3. The lowest BCUT2D eigenvalue weighted by atomic mass is 9.90. The molecule has 11 N–H and O–H groups in total. The molecule has 0 spiro atoms. The van der Waals surface area contributed by atoms with Crippen LogP contribution in [0.15, 0.2) is 61.1 Å². The molecule has 3 atom stereocenters. The first-order valence-corrected chi connectivity index (χ1v) is 32.6. The van der Waals surface area contributed by atoms with Crippen molar-refractivity contribution in [2.45, 2.75) is 125 Å². The quantitative estimate of drug-likeness (QED) is 0.0310. The number of aryl methyl sites for hydroxylation is 3. The maximum Gasteiger partial charge on any atom is 0.306 e. The lowest BCUT2D eigenvalue weighted by Crippen LogP contribution is -2.43. The lowest BCUT2D eigenvalue weighted by molar-refractivity contribution is -0.156. The number of ether oxygens (including phenoxy) is 1. The lowest BCUT2D eigenvalue weighted by Gasteiger charge is -2.35. The van der Waals surface area contributed by atoms with Gasteiger partial charge in [-0.05, 0) is 206 Å². The van der Waals surface area contributed by atoms with Crippen LogP contribution >= 0.6 is 47.0 Å². The van der Waals surface area contributed by atoms with Crippen molar-refractivity contribution in [3.63, 3.8) is 0 Å². The fourth-order valence-electron chi connectivity index (χ4n) is 11.5. The molecule has 91 heavy (non-hydrogen) atoms. The van der Waals surface area contributed by atoms with E-state index >= 15 is 0 Å². The monoisotopic (exact) mass is 1320 g/mol. The third-order valence-corrected chi connectivity index (χ3v) is 18.2. The summed E-state index contributed by atoms with van der Waals surface area (Å²) in [6, 6.07) is 13.7. The van der Waals surface area contributed by atoms with Crippen LogP contribution in [-0.4, -0.2) is 123 Å². The van der Waals surface area contributed by atoms with Gasteiger partial charge in [-0.25, -0.2) is 15.0 Å². The van der Waals surface area contributed by atoms with Gasteiger partial charge in [0.2, 0.25) is 0 Å². The summed E-state index contributed by atoms with van der Waals surface area (Å²) in [6.07, 6.45) is 12.1. The van der Waals surface area contributed by atoms with E-state index in [4.69, 9.17) is 27.7 Å². The number of carbonyl (C=O) groups excluding carboxylic acids is 5. The van der Waals surface area contributed by atoms with Gasteiger partial charge in [0.25, 0.3) is 17.7 Å². The van der Waals surface area contributed by atoms with Gasteiger partial charge < -0.3 is 63.2 Å². The number of aromatic nitrogens is 6. The maximum absolute atomic E-state index is 13.0. The molecule has 0 unspecified atom stereocenters. The van der Waals surface area contributed by atoms with E-state index in [0.29, 0.717) is 29.9 Å². The number of carbonyl (C=O) groups is 5. The van der Waals surface area contributed by atoms with Crippen LogP contribution in [0, 0.1) is 53.4 Å². The molecule has 10 rings (SSSR count). The second-order valence-electron chi connectivity index (χ2n) is 24.6. The third kappa shape index (κ3) is 18.8. The predicted octanol–water partition coefficient (Wildman–Crippen LogP) is 10.8. The molecule has 0 saturated carbocycles. The van der Waals surface area contributed by atoms with Crippen molar-refractivity contribution in [1.82, 2.24) is 28.1 Å².